The van der Waals surface area contributed by atoms with Gasteiger partial charge in [0.15, 0.2) is 0 Å². The van der Waals surface area contributed by atoms with Crippen molar-refractivity contribution in [3.05, 3.63) is 22.2 Å². The molecule has 0 unspecified atom stereocenters. The number of methoxy groups -OCH3 is 1. The van der Waals surface area contributed by atoms with Gasteiger partial charge in [-0.3, -0.25) is 4.72 Å². The fourth-order valence-corrected chi connectivity index (χ4v) is 3.24. The molecule has 0 aliphatic rings. The molecule has 0 aliphatic carbocycles. The lowest BCUT2D eigenvalue weighted by molar-refractivity contribution is 0.416. The van der Waals surface area contributed by atoms with Crippen molar-refractivity contribution in [1.29, 1.82) is 0 Å². The average molecular weight is 306 g/mol. The standard InChI is InChI=1S/C13H20ClNO3S/c1-5-6-7-19(16,17)15-13-10(3)12(14)9(2)8-11(13)18-4/h8,15H,5-7H2,1-4H3. The Labute approximate surface area is 120 Å². The van der Waals surface area contributed by atoms with Crippen molar-refractivity contribution in [3.8, 4) is 5.75 Å². The second-order valence-corrected chi connectivity index (χ2v) is 6.70. The Hall–Kier alpha value is -0.940. The van der Waals surface area contributed by atoms with Gasteiger partial charge in [-0.25, -0.2) is 8.42 Å². The van der Waals surface area contributed by atoms with Gasteiger partial charge < -0.3 is 4.74 Å². The van der Waals surface area contributed by atoms with Gasteiger partial charge in [0.2, 0.25) is 10.0 Å². The molecule has 1 rings (SSSR count). The molecule has 19 heavy (non-hydrogen) atoms. The first kappa shape index (κ1) is 16.1. The smallest absolute Gasteiger partial charge is 0.232 e. The molecule has 0 saturated carbocycles. The Morgan fingerprint density at radius 1 is 1.37 bits per heavy atom. The molecular formula is C13H20ClNO3S. The van der Waals surface area contributed by atoms with Gasteiger partial charge in [0.05, 0.1) is 18.6 Å². The SMILES string of the molecule is CCCCS(=O)(=O)Nc1c(OC)cc(C)c(Cl)c1C. The van der Waals surface area contributed by atoms with Crippen LogP contribution in [-0.2, 0) is 10.0 Å². The van der Waals surface area contributed by atoms with Gasteiger partial charge in [-0.1, -0.05) is 24.9 Å². The van der Waals surface area contributed by atoms with Crippen LogP contribution in [0.5, 0.6) is 5.75 Å². The summed E-state index contributed by atoms with van der Waals surface area (Å²) < 4.78 is 31.7. The van der Waals surface area contributed by atoms with Gasteiger partial charge >= 0.3 is 0 Å². The van der Waals surface area contributed by atoms with E-state index in [1.165, 1.54) is 7.11 Å². The van der Waals surface area contributed by atoms with Gasteiger partial charge in [-0.05, 0) is 37.5 Å². The molecule has 0 heterocycles. The van der Waals surface area contributed by atoms with Crippen molar-refractivity contribution in [1.82, 2.24) is 0 Å². The van der Waals surface area contributed by atoms with E-state index in [9.17, 15) is 8.42 Å². The van der Waals surface area contributed by atoms with Crippen LogP contribution in [0.25, 0.3) is 0 Å². The zero-order chi connectivity index (χ0) is 14.6. The molecule has 1 N–H and O–H groups in total. The lowest BCUT2D eigenvalue weighted by Crippen LogP contribution is -2.18. The fraction of sp³-hybridized carbons (Fsp3) is 0.538. The Bertz CT molecular complexity index is 555. The average Bonchev–Trinajstić information content (AvgIpc) is 2.37. The van der Waals surface area contributed by atoms with Crippen molar-refractivity contribution in [2.45, 2.75) is 33.6 Å². The van der Waals surface area contributed by atoms with Gasteiger partial charge in [0.25, 0.3) is 0 Å². The van der Waals surface area contributed by atoms with Gasteiger partial charge in [0.1, 0.15) is 5.75 Å². The lowest BCUT2D eigenvalue weighted by atomic mass is 10.1. The minimum atomic E-state index is -3.37. The second-order valence-electron chi connectivity index (χ2n) is 4.48. The highest BCUT2D eigenvalue weighted by Gasteiger charge is 2.18. The maximum atomic E-state index is 12.0. The molecule has 0 bridgehead atoms. The van der Waals surface area contributed by atoms with Crippen LogP contribution in [0.2, 0.25) is 5.02 Å². The summed E-state index contributed by atoms with van der Waals surface area (Å²) >= 11 is 6.15. The van der Waals surface area contributed by atoms with Crippen LogP contribution in [0.15, 0.2) is 6.07 Å². The Morgan fingerprint density at radius 3 is 2.53 bits per heavy atom. The Morgan fingerprint density at radius 2 is 2.00 bits per heavy atom. The van der Waals surface area contributed by atoms with Gasteiger partial charge in [-0.15, -0.1) is 0 Å². The number of rotatable bonds is 6. The van der Waals surface area contributed by atoms with Gasteiger partial charge in [0, 0.05) is 5.02 Å². The zero-order valence-electron chi connectivity index (χ0n) is 11.7. The molecule has 6 heteroatoms. The normalized spacial score (nSPS) is 11.4. The summed E-state index contributed by atoms with van der Waals surface area (Å²) in [4.78, 5) is 0. The predicted molar refractivity (Wildman–Crippen MR) is 79.8 cm³/mol. The monoisotopic (exact) mass is 305 g/mol. The molecule has 1 aromatic rings. The third kappa shape index (κ3) is 4.01. The molecule has 0 spiro atoms. The van der Waals surface area contributed by atoms with Crippen LogP contribution in [0.3, 0.4) is 0 Å². The summed E-state index contributed by atoms with van der Waals surface area (Å²) in [5, 5.41) is 0.550. The predicted octanol–water partition coefficient (Wildman–Crippen LogP) is 3.51. The van der Waals surface area contributed by atoms with E-state index in [0.717, 1.165) is 12.0 Å². The summed E-state index contributed by atoms with van der Waals surface area (Å²) in [5.74, 6) is 0.580. The van der Waals surface area contributed by atoms with Crippen molar-refractivity contribution in [2.75, 3.05) is 17.6 Å². The van der Waals surface area contributed by atoms with Crippen LogP contribution in [0.1, 0.15) is 30.9 Å². The minimum Gasteiger partial charge on any atom is -0.495 e. The summed E-state index contributed by atoms with van der Waals surface area (Å²) in [5.41, 5.74) is 1.96. The molecule has 108 valence electrons. The number of ether oxygens (including phenoxy) is 1. The number of nitrogens with one attached hydrogen (secondary N) is 1. The molecule has 4 nitrogen and oxygen atoms in total. The molecule has 0 aromatic heterocycles. The van der Waals surface area contributed by atoms with E-state index in [1.807, 2.05) is 13.8 Å². The third-order valence-electron chi connectivity index (χ3n) is 2.89. The molecule has 0 aliphatic heterocycles. The van der Waals surface area contributed by atoms with Gasteiger partial charge in [-0.2, -0.15) is 0 Å². The molecule has 0 fully saturated rings. The first-order valence-corrected chi connectivity index (χ1v) is 8.19. The Balaban J connectivity index is 3.17. The molecule has 0 atom stereocenters. The number of hydrogen-bond donors (Lipinski definition) is 1. The maximum Gasteiger partial charge on any atom is 0.232 e. The van der Waals surface area contributed by atoms with Crippen LogP contribution in [-0.4, -0.2) is 21.3 Å². The molecule has 0 radical (unpaired) electrons. The van der Waals surface area contributed by atoms with Crippen molar-refractivity contribution in [2.24, 2.45) is 0 Å². The zero-order valence-corrected chi connectivity index (χ0v) is 13.3. The summed E-state index contributed by atoms with van der Waals surface area (Å²) in [6, 6.07) is 1.73. The van der Waals surface area contributed by atoms with Crippen LogP contribution >= 0.6 is 11.6 Å². The lowest BCUT2D eigenvalue weighted by Gasteiger charge is -2.16. The summed E-state index contributed by atoms with van der Waals surface area (Å²) in [6.45, 7) is 5.58. The molecule has 1 aromatic carbocycles. The van der Waals surface area contributed by atoms with Crippen LogP contribution in [0.4, 0.5) is 5.69 Å². The van der Waals surface area contributed by atoms with E-state index >= 15 is 0 Å². The van der Waals surface area contributed by atoms with E-state index in [0.29, 0.717) is 28.4 Å². The van der Waals surface area contributed by atoms with E-state index in [4.69, 9.17) is 16.3 Å². The minimum absolute atomic E-state index is 0.0948. The van der Waals surface area contributed by atoms with Crippen LogP contribution in [0, 0.1) is 13.8 Å². The van der Waals surface area contributed by atoms with Crippen molar-refractivity contribution < 1.29 is 13.2 Å². The highest BCUT2D eigenvalue weighted by Crippen LogP contribution is 2.36. The quantitative estimate of drug-likeness (QED) is 0.875. The number of hydrogen-bond acceptors (Lipinski definition) is 3. The first-order chi connectivity index (χ1) is 8.82. The molecular weight excluding hydrogens is 286 g/mol. The third-order valence-corrected chi connectivity index (χ3v) is 4.81. The number of sulfonamides is 1. The van der Waals surface area contributed by atoms with Crippen LogP contribution < -0.4 is 9.46 Å². The molecule has 0 saturated heterocycles. The first-order valence-electron chi connectivity index (χ1n) is 6.16. The number of unbranched alkanes of at least 4 members (excludes halogenated alkanes) is 1. The van der Waals surface area contributed by atoms with Crippen molar-refractivity contribution >= 4 is 27.3 Å². The number of aryl methyl sites for hydroxylation is 1. The summed E-state index contributed by atoms with van der Waals surface area (Å²) in [6.07, 6.45) is 1.45. The van der Waals surface area contributed by atoms with E-state index in [-0.39, 0.29) is 5.75 Å². The Kier molecular flexibility index (Phi) is 5.50. The highest BCUT2D eigenvalue weighted by molar-refractivity contribution is 7.92. The van der Waals surface area contributed by atoms with Crippen molar-refractivity contribution in [3.63, 3.8) is 0 Å². The topological polar surface area (TPSA) is 55.4 Å². The largest absolute Gasteiger partial charge is 0.495 e. The van der Waals surface area contributed by atoms with E-state index in [1.54, 1.807) is 13.0 Å². The van der Waals surface area contributed by atoms with E-state index in [2.05, 4.69) is 4.72 Å². The number of benzene rings is 1. The number of halogens is 1. The highest BCUT2D eigenvalue weighted by atomic mass is 35.5. The number of anilines is 1. The summed E-state index contributed by atoms with van der Waals surface area (Å²) in [7, 11) is -1.86. The van der Waals surface area contributed by atoms with E-state index < -0.39 is 10.0 Å². The maximum absolute atomic E-state index is 12.0. The molecule has 0 amide bonds. The second kappa shape index (κ2) is 6.48. The fourth-order valence-electron chi connectivity index (χ4n) is 1.75.